The second-order valence-corrected chi connectivity index (χ2v) is 5.25. The van der Waals surface area contributed by atoms with E-state index in [1.807, 2.05) is 6.07 Å². The number of carboxylic acid groups (broad SMARTS) is 2. The third-order valence-corrected chi connectivity index (χ3v) is 3.94. The van der Waals surface area contributed by atoms with Crippen LogP contribution in [0.4, 0.5) is 0 Å². The number of hydrogen-bond donors (Lipinski definition) is 2. The monoisotopic (exact) mass is 288 g/mol. The number of benzene rings is 2. The molecular weight excluding hydrogens is 276 g/mol. The van der Waals surface area contributed by atoms with Gasteiger partial charge in [-0.25, -0.2) is 4.79 Å². The summed E-state index contributed by atoms with van der Waals surface area (Å²) in [6, 6.07) is 15.1. The molecule has 0 aromatic heterocycles. The average molecular weight is 288 g/mol. The third kappa shape index (κ3) is 3.39. The zero-order valence-corrected chi connectivity index (χ0v) is 11.2. The van der Waals surface area contributed by atoms with E-state index in [9.17, 15) is 14.7 Å². The summed E-state index contributed by atoms with van der Waals surface area (Å²) < 4.78 is 0. The Kier molecular flexibility index (Phi) is 4.42. The van der Waals surface area contributed by atoms with Crippen molar-refractivity contribution in [3.05, 3.63) is 65.7 Å². The summed E-state index contributed by atoms with van der Waals surface area (Å²) in [4.78, 5) is 22.8. The molecule has 0 aliphatic heterocycles. The standard InChI is InChI=1S/C15H12O4S/c16-14(17)11-6-8-12(9-7-11)20-13(15(18)19)10-4-2-1-3-5-10/h1-9,13H,(H,16,17)(H,18,19). The summed E-state index contributed by atoms with van der Waals surface area (Å²) in [5.74, 6) is -1.93. The molecule has 102 valence electrons. The highest BCUT2D eigenvalue weighted by Gasteiger charge is 2.21. The van der Waals surface area contributed by atoms with Crippen LogP contribution in [-0.4, -0.2) is 22.2 Å². The zero-order valence-electron chi connectivity index (χ0n) is 10.4. The lowest BCUT2D eigenvalue weighted by Crippen LogP contribution is -2.07. The number of carbonyl (C=O) groups is 2. The smallest absolute Gasteiger partial charge is 0.335 e. The molecule has 0 radical (unpaired) electrons. The van der Waals surface area contributed by atoms with Crippen LogP contribution in [0.3, 0.4) is 0 Å². The normalized spacial score (nSPS) is 11.8. The molecule has 0 bridgehead atoms. The van der Waals surface area contributed by atoms with Crippen LogP contribution in [0.15, 0.2) is 59.5 Å². The lowest BCUT2D eigenvalue weighted by molar-refractivity contribution is -0.136. The molecule has 5 heteroatoms. The molecule has 20 heavy (non-hydrogen) atoms. The summed E-state index contributed by atoms with van der Waals surface area (Å²) in [6.07, 6.45) is 0. The van der Waals surface area contributed by atoms with Gasteiger partial charge in [0.2, 0.25) is 0 Å². The predicted molar refractivity (Wildman–Crippen MR) is 76.1 cm³/mol. The Bertz CT molecular complexity index is 608. The van der Waals surface area contributed by atoms with Gasteiger partial charge in [0.15, 0.2) is 0 Å². The molecule has 4 nitrogen and oxygen atoms in total. The Morgan fingerprint density at radius 3 is 2.00 bits per heavy atom. The lowest BCUT2D eigenvalue weighted by Gasteiger charge is -2.12. The van der Waals surface area contributed by atoms with Gasteiger partial charge >= 0.3 is 11.9 Å². The Morgan fingerprint density at radius 1 is 0.900 bits per heavy atom. The van der Waals surface area contributed by atoms with Gasteiger partial charge in [-0.2, -0.15) is 0 Å². The minimum atomic E-state index is -1.00. The van der Waals surface area contributed by atoms with E-state index in [1.54, 1.807) is 36.4 Å². The molecule has 0 fully saturated rings. The molecule has 2 aromatic rings. The van der Waals surface area contributed by atoms with Crippen molar-refractivity contribution < 1.29 is 19.8 Å². The summed E-state index contributed by atoms with van der Waals surface area (Å²) in [7, 11) is 0. The zero-order chi connectivity index (χ0) is 14.5. The Hall–Kier alpha value is -2.27. The number of carboxylic acids is 2. The van der Waals surface area contributed by atoms with Crippen LogP contribution in [0.25, 0.3) is 0 Å². The van der Waals surface area contributed by atoms with E-state index in [0.717, 1.165) is 0 Å². The van der Waals surface area contributed by atoms with Gasteiger partial charge in [-0.3, -0.25) is 4.79 Å². The van der Waals surface area contributed by atoms with E-state index in [0.29, 0.717) is 10.5 Å². The summed E-state index contributed by atoms with van der Waals surface area (Å²) >= 11 is 1.18. The molecule has 0 aliphatic carbocycles. The van der Waals surface area contributed by atoms with Gasteiger partial charge in [-0.1, -0.05) is 30.3 Å². The van der Waals surface area contributed by atoms with Crippen molar-refractivity contribution in [3.63, 3.8) is 0 Å². The fourth-order valence-corrected chi connectivity index (χ4v) is 2.66. The summed E-state index contributed by atoms with van der Waals surface area (Å²) in [5.41, 5.74) is 0.883. The third-order valence-electron chi connectivity index (χ3n) is 2.68. The lowest BCUT2D eigenvalue weighted by atomic mass is 10.1. The van der Waals surface area contributed by atoms with Crippen LogP contribution in [0, 0.1) is 0 Å². The number of rotatable bonds is 5. The Morgan fingerprint density at radius 2 is 1.50 bits per heavy atom. The van der Waals surface area contributed by atoms with Crippen molar-refractivity contribution >= 4 is 23.7 Å². The van der Waals surface area contributed by atoms with Crippen LogP contribution in [0.1, 0.15) is 21.2 Å². The molecular formula is C15H12O4S. The highest BCUT2D eigenvalue weighted by Crippen LogP contribution is 2.35. The quantitative estimate of drug-likeness (QED) is 0.826. The van der Waals surface area contributed by atoms with Crippen LogP contribution < -0.4 is 0 Å². The van der Waals surface area contributed by atoms with Crippen LogP contribution in [0.2, 0.25) is 0 Å². The van der Waals surface area contributed by atoms with E-state index >= 15 is 0 Å². The number of aliphatic carboxylic acids is 1. The van der Waals surface area contributed by atoms with Crippen LogP contribution in [0.5, 0.6) is 0 Å². The van der Waals surface area contributed by atoms with Gasteiger partial charge in [0.25, 0.3) is 0 Å². The second kappa shape index (κ2) is 6.25. The topological polar surface area (TPSA) is 74.6 Å². The number of thioether (sulfide) groups is 1. The predicted octanol–water partition coefficient (Wildman–Crippen LogP) is 3.30. The average Bonchev–Trinajstić information content (AvgIpc) is 2.46. The maximum absolute atomic E-state index is 11.4. The fraction of sp³-hybridized carbons (Fsp3) is 0.0667. The van der Waals surface area contributed by atoms with Gasteiger partial charge in [0.05, 0.1) is 5.56 Å². The maximum Gasteiger partial charge on any atom is 0.335 e. The highest BCUT2D eigenvalue weighted by atomic mass is 32.2. The Balaban J connectivity index is 2.21. The van der Waals surface area contributed by atoms with Crippen molar-refractivity contribution in [1.82, 2.24) is 0 Å². The van der Waals surface area contributed by atoms with Crippen molar-refractivity contribution in [3.8, 4) is 0 Å². The highest BCUT2D eigenvalue weighted by molar-refractivity contribution is 8.00. The van der Waals surface area contributed by atoms with Gasteiger partial charge in [0, 0.05) is 4.90 Å². The molecule has 0 saturated carbocycles. The van der Waals surface area contributed by atoms with Crippen molar-refractivity contribution in [1.29, 1.82) is 0 Å². The first-order chi connectivity index (χ1) is 9.58. The summed E-state index contributed by atoms with van der Waals surface area (Å²) in [5, 5.41) is 17.4. The number of aromatic carboxylic acids is 1. The first-order valence-corrected chi connectivity index (χ1v) is 6.73. The van der Waals surface area contributed by atoms with Crippen LogP contribution in [-0.2, 0) is 4.79 Å². The van der Waals surface area contributed by atoms with Gasteiger partial charge in [0.1, 0.15) is 5.25 Å². The fourth-order valence-electron chi connectivity index (χ4n) is 1.70. The van der Waals surface area contributed by atoms with E-state index in [1.165, 1.54) is 23.9 Å². The maximum atomic E-state index is 11.4. The summed E-state index contributed by atoms with van der Waals surface area (Å²) in [6.45, 7) is 0. The van der Waals surface area contributed by atoms with E-state index in [4.69, 9.17) is 5.11 Å². The number of hydrogen-bond acceptors (Lipinski definition) is 3. The molecule has 1 unspecified atom stereocenters. The SMILES string of the molecule is O=C(O)c1ccc(SC(C(=O)O)c2ccccc2)cc1. The van der Waals surface area contributed by atoms with Gasteiger partial charge < -0.3 is 10.2 Å². The first-order valence-electron chi connectivity index (χ1n) is 5.85. The molecule has 2 rings (SSSR count). The molecule has 0 spiro atoms. The van der Waals surface area contributed by atoms with Crippen molar-refractivity contribution in [2.45, 2.75) is 10.1 Å². The van der Waals surface area contributed by atoms with Crippen molar-refractivity contribution in [2.75, 3.05) is 0 Å². The van der Waals surface area contributed by atoms with E-state index in [-0.39, 0.29) is 5.56 Å². The molecule has 0 aliphatic rings. The van der Waals surface area contributed by atoms with E-state index in [2.05, 4.69) is 0 Å². The van der Waals surface area contributed by atoms with Gasteiger partial charge in [-0.15, -0.1) is 11.8 Å². The molecule has 1 atom stereocenters. The van der Waals surface area contributed by atoms with E-state index < -0.39 is 17.2 Å². The molecule has 2 N–H and O–H groups in total. The minimum Gasteiger partial charge on any atom is -0.480 e. The first kappa shape index (κ1) is 14.1. The second-order valence-electron chi connectivity index (χ2n) is 4.08. The minimum absolute atomic E-state index is 0.181. The van der Waals surface area contributed by atoms with Crippen molar-refractivity contribution in [2.24, 2.45) is 0 Å². The largest absolute Gasteiger partial charge is 0.480 e. The van der Waals surface area contributed by atoms with Crippen LogP contribution >= 0.6 is 11.8 Å². The Labute approximate surface area is 120 Å². The molecule has 2 aromatic carbocycles. The van der Waals surface area contributed by atoms with Gasteiger partial charge in [-0.05, 0) is 29.8 Å². The molecule has 0 heterocycles. The molecule has 0 saturated heterocycles. The molecule has 0 amide bonds.